The van der Waals surface area contributed by atoms with Crippen LogP contribution in [0.3, 0.4) is 0 Å². The lowest BCUT2D eigenvalue weighted by molar-refractivity contribution is -0.141. The summed E-state index contributed by atoms with van der Waals surface area (Å²) in [7, 11) is 0. The predicted octanol–water partition coefficient (Wildman–Crippen LogP) is -0.251. The Hall–Kier alpha value is -1.57. The SMILES string of the molecule is CC(C)COC(=O)CSc1n[nH]c(=O)[nH]c1=O. The van der Waals surface area contributed by atoms with Gasteiger partial charge in [0, 0.05) is 0 Å². The normalized spacial score (nSPS) is 10.5. The molecule has 17 heavy (non-hydrogen) atoms. The molecule has 0 spiro atoms. The van der Waals surface area contributed by atoms with Gasteiger partial charge in [-0.15, -0.1) is 0 Å². The van der Waals surface area contributed by atoms with E-state index in [0.29, 0.717) is 6.61 Å². The van der Waals surface area contributed by atoms with Crippen molar-refractivity contribution in [1.82, 2.24) is 15.2 Å². The number of rotatable bonds is 5. The first-order valence-electron chi connectivity index (χ1n) is 4.96. The number of hydrogen-bond donors (Lipinski definition) is 2. The number of aromatic amines is 2. The van der Waals surface area contributed by atoms with E-state index >= 15 is 0 Å². The number of thioether (sulfide) groups is 1. The summed E-state index contributed by atoms with van der Waals surface area (Å²) in [6.45, 7) is 4.19. The Morgan fingerprint density at radius 1 is 1.47 bits per heavy atom. The molecule has 94 valence electrons. The molecule has 0 amide bonds. The second-order valence-corrected chi connectivity index (χ2v) is 4.64. The van der Waals surface area contributed by atoms with Gasteiger partial charge in [0.1, 0.15) is 0 Å². The molecule has 0 saturated heterocycles. The Morgan fingerprint density at radius 2 is 2.18 bits per heavy atom. The molecule has 0 aromatic carbocycles. The van der Waals surface area contributed by atoms with Crippen LogP contribution in [0.4, 0.5) is 0 Å². The highest BCUT2D eigenvalue weighted by molar-refractivity contribution is 7.99. The molecule has 0 aliphatic carbocycles. The van der Waals surface area contributed by atoms with E-state index in [1.165, 1.54) is 0 Å². The summed E-state index contributed by atoms with van der Waals surface area (Å²) in [5.41, 5.74) is -1.29. The van der Waals surface area contributed by atoms with Gasteiger partial charge in [-0.3, -0.25) is 14.6 Å². The molecule has 1 heterocycles. The number of esters is 1. The molecular formula is C9H13N3O4S. The Labute approximate surface area is 101 Å². The van der Waals surface area contributed by atoms with Gasteiger partial charge in [0.25, 0.3) is 5.56 Å². The highest BCUT2D eigenvalue weighted by Crippen LogP contribution is 2.08. The maximum atomic E-state index is 11.2. The van der Waals surface area contributed by atoms with Gasteiger partial charge in [0.2, 0.25) is 0 Å². The maximum absolute atomic E-state index is 11.2. The van der Waals surface area contributed by atoms with Gasteiger partial charge in [0.05, 0.1) is 12.4 Å². The molecule has 0 unspecified atom stereocenters. The van der Waals surface area contributed by atoms with Gasteiger partial charge in [-0.25, -0.2) is 9.89 Å². The minimum absolute atomic E-state index is 0.0190. The monoisotopic (exact) mass is 259 g/mol. The molecule has 0 bridgehead atoms. The molecule has 0 aliphatic heterocycles. The van der Waals surface area contributed by atoms with Gasteiger partial charge in [-0.2, -0.15) is 5.10 Å². The predicted molar refractivity (Wildman–Crippen MR) is 62.0 cm³/mol. The van der Waals surface area contributed by atoms with Crippen LogP contribution in [0.25, 0.3) is 0 Å². The number of H-pyrrole nitrogens is 2. The molecule has 0 atom stereocenters. The minimum Gasteiger partial charge on any atom is -0.465 e. The minimum atomic E-state index is -0.679. The molecule has 0 fully saturated rings. The average Bonchev–Trinajstić information content (AvgIpc) is 2.25. The standard InChI is InChI=1S/C9H13N3O4S/c1-5(2)3-16-6(13)4-17-8-7(14)10-9(15)12-11-8/h5H,3-4H2,1-2H3,(H2,10,12,14,15). The van der Waals surface area contributed by atoms with Crippen LogP contribution in [0.15, 0.2) is 14.6 Å². The van der Waals surface area contributed by atoms with Crippen molar-refractivity contribution in [3.63, 3.8) is 0 Å². The van der Waals surface area contributed by atoms with Crippen molar-refractivity contribution < 1.29 is 9.53 Å². The van der Waals surface area contributed by atoms with Crippen molar-refractivity contribution in [2.45, 2.75) is 18.9 Å². The molecule has 2 N–H and O–H groups in total. The molecule has 1 aromatic rings. The number of aromatic nitrogens is 3. The van der Waals surface area contributed by atoms with Crippen LogP contribution in [0.1, 0.15) is 13.8 Å². The summed E-state index contributed by atoms with van der Waals surface area (Å²) in [5.74, 6) is -0.177. The van der Waals surface area contributed by atoms with Crippen LogP contribution >= 0.6 is 11.8 Å². The van der Waals surface area contributed by atoms with Crippen LogP contribution < -0.4 is 11.2 Å². The fraction of sp³-hybridized carbons (Fsp3) is 0.556. The zero-order valence-electron chi connectivity index (χ0n) is 9.48. The van der Waals surface area contributed by atoms with E-state index in [9.17, 15) is 14.4 Å². The lowest BCUT2D eigenvalue weighted by atomic mass is 10.2. The highest BCUT2D eigenvalue weighted by Gasteiger charge is 2.09. The van der Waals surface area contributed by atoms with Crippen molar-refractivity contribution in [3.8, 4) is 0 Å². The van der Waals surface area contributed by atoms with Crippen LogP contribution in [-0.4, -0.2) is 33.5 Å². The number of nitrogens with zero attached hydrogens (tertiary/aromatic N) is 1. The van der Waals surface area contributed by atoms with Gasteiger partial charge in [0.15, 0.2) is 5.03 Å². The first-order chi connectivity index (χ1) is 7.99. The smallest absolute Gasteiger partial charge is 0.342 e. The molecule has 0 radical (unpaired) electrons. The van der Waals surface area contributed by atoms with E-state index in [0.717, 1.165) is 11.8 Å². The molecule has 0 saturated carbocycles. The number of hydrogen-bond acceptors (Lipinski definition) is 6. The van der Waals surface area contributed by atoms with Crippen LogP contribution in [0.2, 0.25) is 0 Å². The summed E-state index contributed by atoms with van der Waals surface area (Å²) in [4.78, 5) is 35.1. The molecule has 7 nitrogen and oxygen atoms in total. The summed E-state index contributed by atoms with van der Waals surface area (Å²) < 4.78 is 4.92. The van der Waals surface area contributed by atoms with Gasteiger partial charge in [-0.1, -0.05) is 25.6 Å². The lowest BCUT2D eigenvalue weighted by Crippen LogP contribution is -2.25. The number of carbonyl (C=O) groups is 1. The first-order valence-corrected chi connectivity index (χ1v) is 5.95. The van der Waals surface area contributed by atoms with Crippen molar-refractivity contribution in [2.75, 3.05) is 12.4 Å². The van der Waals surface area contributed by atoms with E-state index < -0.39 is 17.2 Å². The Balaban J connectivity index is 2.48. The lowest BCUT2D eigenvalue weighted by Gasteiger charge is -2.05. The largest absolute Gasteiger partial charge is 0.465 e. The third kappa shape index (κ3) is 4.85. The van der Waals surface area contributed by atoms with Crippen LogP contribution in [-0.2, 0) is 9.53 Å². The summed E-state index contributed by atoms with van der Waals surface area (Å²) >= 11 is 0.916. The van der Waals surface area contributed by atoms with E-state index in [-0.39, 0.29) is 16.7 Å². The third-order valence-electron chi connectivity index (χ3n) is 1.58. The Bertz CT molecular complexity index is 494. The zero-order chi connectivity index (χ0) is 12.8. The topological polar surface area (TPSA) is 105 Å². The van der Waals surface area contributed by atoms with Crippen molar-refractivity contribution in [3.05, 3.63) is 20.8 Å². The van der Waals surface area contributed by atoms with Crippen molar-refractivity contribution in [2.24, 2.45) is 5.92 Å². The fourth-order valence-electron chi connectivity index (χ4n) is 0.863. The van der Waals surface area contributed by atoms with Crippen LogP contribution in [0.5, 0.6) is 0 Å². The molecule has 1 rings (SSSR count). The summed E-state index contributed by atoms with van der Waals surface area (Å²) in [6.07, 6.45) is 0. The quantitative estimate of drug-likeness (QED) is 0.558. The molecule has 8 heteroatoms. The maximum Gasteiger partial charge on any atom is 0.342 e. The van der Waals surface area contributed by atoms with Gasteiger partial charge >= 0.3 is 11.7 Å². The number of nitrogens with one attached hydrogen (secondary N) is 2. The van der Waals surface area contributed by atoms with Crippen molar-refractivity contribution >= 4 is 17.7 Å². The fourth-order valence-corrected chi connectivity index (χ4v) is 1.49. The van der Waals surface area contributed by atoms with E-state index in [1.54, 1.807) is 0 Å². The first kappa shape index (κ1) is 13.5. The van der Waals surface area contributed by atoms with E-state index in [2.05, 4.69) is 10.2 Å². The van der Waals surface area contributed by atoms with E-state index in [1.807, 2.05) is 18.8 Å². The number of ether oxygens (including phenoxy) is 1. The number of carbonyl (C=O) groups excluding carboxylic acids is 1. The average molecular weight is 259 g/mol. The van der Waals surface area contributed by atoms with Crippen LogP contribution in [0, 0.1) is 5.92 Å². The molecule has 0 aliphatic rings. The Kier molecular flexibility index (Phi) is 4.95. The summed E-state index contributed by atoms with van der Waals surface area (Å²) in [6, 6.07) is 0. The second-order valence-electron chi connectivity index (χ2n) is 3.68. The summed E-state index contributed by atoms with van der Waals surface area (Å²) in [5, 5.41) is 5.63. The zero-order valence-corrected chi connectivity index (χ0v) is 10.3. The molecular weight excluding hydrogens is 246 g/mol. The van der Waals surface area contributed by atoms with Gasteiger partial charge in [-0.05, 0) is 5.92 Å². The highest BCUT2D eigenvalue weighted by atomic mass is 32.2. The third-order valence-corrected chi connectivity index (χ3v) is 2.51. The molecule has 1 aromatic heterocycles. The second kappa shape index (κ2) is 6.24. The Morgan fingerprint density at radius 3 is 2.76 bits per heavy atom. The van der Waals surface area contributed by atoms with Crippen molar-refractivity contribution in [1.29, 1.82) is 0 Å². The van der Waals surface area contributed by atoms with E-state index in [4.69, 9.17) is 4.74 Å². The van der Waals surface area contributed by atoms with Gasteiger partial charge < -0.3 is 4.74 Å².